The third-order valence-electron chi connectivity index (χ3n) is 4.85. The number of hydrogen-bond donors (Lipinski definition) is 0. The lowest BCUT2D eigenvalue weighted by molar-refractivity contribution is 0.413. The van der Waals surface area contributed by atoms with Crippen LogP contribution >= 0.6 is 0 Å². The van der Waals surface area contributed by atoms with Crippen molar-refractivity contribution >= 4 is 24.5 Å². The molecule has 0 amide bonds. The summed E-state index contributed by atoms with van der Waals surface area (Å²) in [6.45, 7) is 3.11. The van der Waals surface area contributed by atoms with E-state index >= 15 is 0 Å². The Morgan fingerprint density at radius 1 is 1.29 bits per heavy atom. The van der Waals surface area contributed by atoms with Crippen molar-refractivity contribution < 1.29 is 4.42 Å². The molecule has 128 valence electrons. The molecule has 2 aromatic rings. The van der Waals surface area contributed by atoms with Crippen LogP contribution in [0.1, 0.15) is 24.0 Å². The molecule has 1 aromatic heterocycles. The maximum Gasteiger partial charge on any atom is 0.336 e. The molecule has 5 heteroatoms. The number of benzene rings is 1. The minimum absolute atomic E-state index is 0.243. The van der Waals surface area contributed by atoms with E-state index in [2.05, 4.69) is 43.9 Å². The Labute approximate surface area is 144 Å². The molecule has 3 rings (SSSR count). The van der Waals surface area contributed by atoms with Crippen LogP contribution < -0.4 is 10.5 Å². The number of likely N-dealkylation sites (N-methyl/N-ethyl adjacent to an activating group) is 1. The Kier molecular flexibility index (Phi) is 5.29. The second-order valence-corrected chi connectivity index (χ2v) is 7.07. The molecule has 2 heterocycles. The van der Waals surface area contributed by atoms with Crippen LogP contribution in [0.5, 0.6) is 0 Å². The lowest BCUT2D eigenvalue weighted by Crippen LogP contribution is -2.30. The molecule has 1 aliphatic rings. The van der Waals surface area contributed by atoms with Gasteiger partial charge in [0.05, 0.1) is 0 Å². The SMILES string of the molecule is BCCCN1CCCc2cc3c(CCN(C)C)cc(=O)oc3cc21. The van der Waals surface area contributed by atoms with E-state index in [0.29, 0.717) is 0 Å². The third-order valence-corrected chi connectivity index (χ3v) is 4.85. The molecular formula is C19H27BN2O2. The van der Waals surface area contributed by atoms with Gasteiger partial charge in [-0.05, 0) is 57.0 Å². The second kappa shape index (κ2) is 7.43. The summed E-state index contributed by atoms with van der Waals surface area (Å²) >= 11 is 0. The van der Waals surface area contributed by atoms with E-state index < -0.39 is 0 Å². The van der Waals surface area contributed by atoms with E-state index in [9.17, 15) is 4.79 Å². The van der Waals surface area contributed by atoms with Crippen LogP contribution in [0.25, 0.3) is 11.0 Å². The highest BCUT2D eigenvalue weighted by Crippen LogP contribution is 2.32. The Balaban J connectivity index is 2.03. The number of anilines is 1. The van der Waals surface area contributed by atoms with Gasteiger partial charge in [0.2, 0.25) is 0 Å². The van der Waals surface area contributed by atoms with E-state index in [1.807, 2.05) is 0 Å². The van der Waals surface area contributed by atoms with Crippen molar-refractivity contribution in [2.24, 2.45) is 0 Å². The van der Waals surface area contributed by atoms with Crippen molar-refractivity contribution in [3.8, 4) is 0 Å². The fraction of sp³-hybridized carbons (Fsp3) is 0.526. The Morgan fingerprint density at radius 2 is 2.12 bits per heavy atom. The van der Waals surface area contributed by atoms with Crippen molar-refractivity contribution in [1.29, 1.82) is 0 Å². The van der Waals surface area contributed by atoms with Crippen molar-refractivity contribution in [1.82, 2.24) is 4.90 Å². The van der Waals surface area contributed by atoms with Gasteiger partial charge in [-0.15, -0.1) is 0 Å². The first-order chi connectivity index (χ1) is 11.6. The molecule has 1 aliphatic heterocycles. The summed E-state index contributed by atoms with van der Waals surface area (Å²) < 4.78 is 5.53. The predicted molar refractivity (Wildman–Crippen MR) is 103 cm³/mol. The molecule has 0 atom stereocenters. The molecule has 0 spiro atoms. The first-order valence-electron chi connectivity index (χ1n) is 9.08. The van der Waals surface area contributed by atoms with E-state index in [4.69, 9.17) is 4.42 Å². The minimum atomic E-state index is -0.243. The summed E-state index contributed by atoms with van der Waals surface area (Å²) in [5, 5.41) is 1.10. The fourth-order valence-corrected chi connectivity index (χ4v) is 3.51. The average Bonchev–Trinajstić information content (AvgIpc) is 2.56. The van der Waals surface area contributed by atoms with E-state index in [0.717, 1.165) is 49.0 Å². The molecule has 1 aromatic carbocycles. The lowest BCUT2D eigenvalue weighted by Gasteiger charge is -2.31. The van der Waals surface area contributed by atoms with Crippen molar-refractivity contribution in [2.75, 3.05) is 38.6 Å². The highest BCUT2D eigenvalue weighted by molar-refractivity contribution is 6.08. The van der Waals surface area contributed by atoms with E-state index in [1.165, 1.54) is 30.4 Å². The van der Waals surface area contributed by atoms with E-state index in [1.54, 1.807) is 6.07 Å². The van der Waals surface area contributed by atoms with Gasteiger partial charge >= 0.3 is 5.63 Å². The van der Waals surface area contributed by atoms with Crippen LogP contribution in [-0.4, -0.2) is 46.5 Å². The maximum atomic E-state index is 12.0. The Bertz CT molecular complexity index is 770. The molecule has 0 radical (unpaired) electrons. The zero-order chi connectivity index (χ0) is 17.1. The first-order valence-corrected chi connectivity index (χ1v) is 9.08. The van der Waals surface area contributed by atoms with Crippen LogP contribution in [0.3, 0.4) is 0 Å². The minimum Gasteiger partial charge on any atom is -0.423 e. The predicted octanol–water partition coefficient (Wildman–Crippen LogP) is 2.09. The molecule has 0 bridgehead atoms. The smallest absolute Gasteiger partial charge is 0.336 e. The van der Waals surface area contributed by atoms with Gasteiger partial charge in [-0.25, -0.2) is 4.79 Å². The van der Waals surface area contributed by atoms with Crippen LogP contribution in [0.15, 0.2) is 27.4 Å². The summed E-state index contributed by atoms with van der Waals surface area (Å²) in [7, 11) is 6.34. The molecule has 4 nitrogen and oxygen atoms in total. The largest absolute Gasteiger partial charge is 0.423 e. The van der Waals surface area contributed by atoms with Gasteiger partial charge in [0, 0.05) is 42.8 Å². The van der Waals surface area contributed by atoms with Gasteiger partial charge < -0.3 is 14.2 Å². The molecule has 0 unspecified atom stereocenters. The number of hydrogen-bond acceptors (Lipinski definition) is 4. The Morgan fingerprint density at radius 3 is 2.88 bits per heavy atom. The number of nitrogens with zero attached hydrogens (tertiary/aromatic N) is 2. The van der Waals surface area contributed by atoms with Gasteiger partial charge in [0.1, 0.15) is 13.4 Å². The molecule has 0 N–H and O–H groups in total. The van der Waals surface area contributed by atoms with Gasteiger partial charge in [-0.3, -0.25) is 0 Å². The topological polar surface area (TPSA) is 36.7 Å². The highest BCUT2D eigenvalue weighted by atomic mass is 16.4. The van der Waals surface area contributed by atoms with Gasteiger partial charge in [-0.2, -0.15) is 0 Å². The van der Waals surface area contributed by atoms with Crippen molar-refractivity contribution in [3.63, 3.8) is 0 Å². The van der Waals surface area contributed by atoms with Crippen LogP contribution in [-0.2, 0) is 12.8 Å². The average molecular weight is 326 g/mol. The first kappa shape index (κ1) is 17.1. The van der Waals surface area contributed by atoms with Gasteiger partial charge in [0.25, 0.3) is 0 Å². The van der Waals surface area contributed by atoms with Crippen molar-refractivity contribution in [2.45, 2.75) is 32.0 Å². The Hall–Kier alpha value is -1.75. The summed E-state index contributed by atoms with van der Waals surface area (Å²) in [5.74, 6) is 0. The number of rotatable bonds is 6. The third kappa shape index (κ3) is 3.67. The lowest BCUT2D eigenvalue weighted by atomic mass is 9.96. The summed E-state index contributed by atoms with van der Waals surface area (Å²) in [5.41, 5.74) is 4.24. The van der Waals surface area contributed by atoms with Crippen molar-refractivity contribution in [3.05, 3.63) is 39.7 Å². The van der Waals surface area contributed by atoms with Crippen LogP contribution in [0, 0.1) is 0 Å². The van der Waals surface area contributed by atoms with Gasteiger partial charge in [0.15, 0.2) is 0 Å². The summed E-state index contributed by atoms with van der Waals surface area (Å²) in [6, 6.07) is 6.02. The zero-order valence-corrected chi connectivity index (χ0v) is 15.1. The number of fused-ring (bicyclic) bond motifs is 2. The number of aryl methyl sites for hydroxylation is 1. The van der Waals surface area contributed by atoms with Gasteiger partial charge in [-0.1, -0.05) is 6.32 Å². The molecule has 0 saturated carbocycles. The molecular weight excluding hydrogens is 299 g/mol. The maximum absolute atomic E-state index is 12.0. The molecule has 0 fully saturated rings. The summed E-state index contributed by atoms with van der Waals surface area (Å²) in [6.07, 6.45) is 5.58. The normalized spacial score (nSPS) is 14.4. The van der Waals surface area contributed by atoms with Crippen LogP contribution in [0.4, 0.5) is 5.69 Å². The van der Waals surface area contributed by atoms with Crippen LogP contribution in [0.2, 0.25) is 6.32 Å². The molecule has 0 aliphatic carbocycles. The molecule has 0 saturated heterocycles. The fourth-order valence-electron chi connectivity index (χ4n) is 3.51. The molecule has 24 heavy (non-hydrogen) atoms. The monoisotopic (exact) mass is 326 g/mol. The summed E-state index contributed by atoms with van der Waals surface area (Å²) in [4.78, 5) is 16.6. The standard InChI is InChI=1S/C19H27BN2O2/c1-21(2)10-6-14-12-19(23)24-18-13-17-15(11-16(14)18)5-3-8-22(17)9-4-7-20/h11-13H,3-10,20H2,1-2H3. The second-order valence-electron chi connectivity index (χ2n) is 7.07. The zero-order valence-electron chi connectivity index (χ0n) is 15.1. The van der Waals surface area contributed by atoms with E-state index in [-0.39, 0.29) is 5.63 Å². The highest BCUT2D eigenvalue weighted by Gasteiger charge is 2.19. The quantitative estimate of drug-likeness (QED) is 0.602.